The van der Waals surface area contributed by atoms with Gasteiger partial charge in [-0.2, -0.15) is 0 Å². The molecule has 15 heavy (non-hydrogen) atoms. The van der Waals surface area contributed by atoms with Crippen LogP contribution in [0.25, 0.3) is 11.4 Å². The van der Waals surface area contributed by atoms with Gasteiger partial charge in [-0.1, -0.05) is 24.3 Å². The standard InChI is InChI=1S/C12H13N3/c1-8(13)11-6-14-12-10-5-3-2-4-9(10)7-15(11)12/h2-6,8H,7,13H2,1H3. The first-order chi connectivity index (χ1) is 7.27. The highest BCUT2D eigenvalue weighted by molar-refractivity contribution is 5.65. The van der Waals surface area contributed by atoms with Gasteiger partial charge in [0.05, 0.1) is 18.4 Å². The Morgan fingerprint density at radius 1 is 1.40 bits per heavy atom. The van der Waals surface area contributed by atoms with Gasteiger partial charge in [-0.15, -0.1) is 0 Å². The van der Waals surface area contributed by atoms with E-state index in [1.165, 1.54) is 11.1 Å². The van der Waals surface area contributed by atoms with E-state index in [1.807, 2.05) is 13.1 Å². The Kier molecular flexibility index (Phi) is 1.70. The molecule has 1 unspecified atom stereocenters. The minimum absolute atomic E-state index is 0.0422. The van der Waals surface area contributed by atoms with E-state index in [-0.39, 0.29) is 6.04 Å². The lowest BCUT2D eigenvalue weighted by Gasteiger charge is -2.07. The van der Waals surface area contributed by atoms with E-state index in [1.54, 1.807) is 0 Å². The van der Waals surface area contributed by atoms with E-state index >= 15 is 0 Å². The molecular formula is C12H13N3. The van der Waals surface area contributed by atoms with Crippen molar-refractivity contribution in [3.8, 4) is 11.4 Å². The fraction of sp³-hybridized carbons (Fsp3) is 0.250. The van der Waals surface area contributed by atoms with Crippen LogP contribution < -0.4 is 5.73 Å². The van der Waals surface area contributed by atoms with Crippen LogP contribution in [0.5, 0.6) is 0 Å². The minimum Gasteiger partial charge on any atom is -0.323 e. The number of fused-ring (bicyclic) bond motifs is 3. The molecule has 0 spiro atoms. The Morgan fingerprint density at radius 3 is 3.00 bits per heavy atom. The molecule has 3 heteroatoms. The average Bonchev–Trinajstić information content (AvgIpc) is 2.74. The fourth-order valence-electron chi connectivity index (χ4n) is 2.18. The summed E-state index contributed by atoms with van der Waals surface area (Å²) >= 11 is 0. The van der Waals surface area contributed by atoms with Gasteiger partial charge in [0.15, 0.2) is 0 Å². The third-order valence-electron chi connectivity index (χ3n) is 2.94. The molecule has 3 nitrogen and oxygen atoms in total. The Balaban J connectivity index is 2.19. The van der Waals surface area contributed by atoms with Gasteiger partial charge in [0, 0.05) is 11.6 Å². The van der Waals surface area contributed by atoms with Crippen LogP contribution in [-0.2, 0) is 6.54 Å². The number of hydrogen-bond acceptors (Lipinski definition) is 2. The number of aromatic nitrogens is 2. The highest BCUT2D eigenvalue weighted by Gasteiger charge is 2.22. The van der Waals surface area contributed by atoms with E-state index < -0.39 is 0 Å². The predicted octanol–water partition coefficient (Wildman–Crippen LogP) is 1.93. The zero-order chi connectivity index (χ0) is 10.4. The van der Waals surface area contributed by atoms with Crippen molar-refractivity contribution in [1.82, 2.24) is 9.55 Å². The monoisotopic (exact) mass is 199 g/mol. The summed E-state index contributed by atoms with van der Waals surface area (Å²) in [6, 6.07) is 8.42. The number of imidazole rings is 1. The molecule has 0 saturated carbocycles. The maximum atomic E-state index is 5.91. The zero-order valence-electron chi connectivity index (χ0n) is 8.64. The van der Waals surface area contributed by atoms with Crippen molar-refractivity contribution in [2.75, 3.05) is 0 Å². The molecule has 2 aromatic rings. The maximum absolute atomic E-state index is 5.91. The van der Waals surface area contributed by atoms with Gasteiger partial charge in [-0.3, -0.25) is 0 Å². The molecule has 0 aliphatic carbocycles. The van der Waals surface area contributed by atoms with Gasteiger partial charge in [-0.05, 0) is 12.5 Å². The molecule has 1 aromatic heterocycles. The van der Waals surface area contributed by atoms with Crippen molar-refractivity contribution in [1.29, 1.82) is 0 Å². The van der Waals surface area contributed by atoms with Crippen molar-refractivity contribution in [2.24, 2.45) is 5.73 Å². The number of nitrogens with two attached hydrogens (primary N) is 1. The molecule has 0 fully saturated rings. The van der Waals surface area contributed by atoms with Crippen LogP contribution in [0, 0.1) is 0 Å². The summed E-state index contributed by atoms with van der Waals surface area (Å²) in [6.07, 6.45) is 1.88. The lowest BCUT2D eigenvalue weighted by atomic mass is 10.1. The molecule has 1 aliphatic heterocycles. The van der Waals surface area contributed by atoms with Crippen molar-refractivity contribution in [3.05, 3.63) is 41.7 Å². The van der Waals surface area contributed by atoms with Crippen molar-refractivity contribution in [3.63, 3.8) is 0 Å². The molecule has 0 saturated heterocycles. The highest BCUT2D eigenvalue weighted by Crippen LogP contribution is 2.32. The van der Waals surface area contributed by atoms with Crippen LogP contribution >= 0.6 is 0 Å². The molecule has 2 heterocycles. The lowest BCUT2D eigenvalue weighted by Crippen LogP contribution is -2.11. The Labute approximate surface area is 88.6 Å². The first-order valence-corrected chi connectivity index (χ1v) is 5.16. The SMILES string of the molecule is CC(N)c1cnc2n1Cc1ccccc1-2. The molecule has 2 N–H and O–H groups in total. The van der Waals surface area contributed by atoms with Gasteiger partial charge in [-0.25, -0.2) is 4.98 Å². The Bertz CT molecular complexity index is 511. The lowest BCUT2D eigenvalue weighted by molar-refractivity contribution is 0.694. The summed E-state index contributed by atoms with van der Waals surface area (Å²) in [7, 11) is 0. The molecule has 1 atom stereocenters. The topological polar surface area (TPSA) is 43.8 Å². The quantitative estimate of drug-likeness (QED) is 0.650. The summed E-state index contributed by atoms with van der Waals surface area (Å²) in [5.74, 6) is 1.05. The summed E-state index contributed by atoms with van der Waals surface area (Å²) in [5, 5.41) is 0. The second-order valence-electron chi connectivity index (χ2n) is 4.04. The summed E-state index contributed by atoms with van der Waals surface area (Å²) in [6.45, 7) is 2.90. The largest absolute Gasteiger partial charge is 0.323 e. The number of benzene rings is 1. The van der Waals surface area contributed by atoms with Gasteiger partial charge < -0.3 is 10.3 Å². The van der Waals surface area contributed by atoms with E-state index in [4.69, 9.17) is 5.73 Å². The van der Waals surface area contributed by atoms with E-state index in [0.717, 1.165) is 18.1 Å². The normalized spacial score (nSPS) is 14.8. The van der Waals surface area contributed by atoms with Crippen LogP contribution in [0.2, 0.25) is 0 Å². The highest BCUT2D eigenvalue weighted by atomic mass is 15.1. The summed E-state index contributed by atoms with van der Waals surface area (Å²) < 4.78 is 2.20. The first kappa shape index (κ1) is 8.68. The second-order valence-corrected chi connectivity index (χ2v) is 4.04. The third-order valence-corrected chi connectivity index (χ3v) is 2.94. The number of nitrogens with zero attached hydrogens (tertiary/aromatic N) is 2. The second kappa shape index (κ2) is 2.94. The van der Waals surface area contributed by atoms with E-state index in [9.17, 15) is 0 Å². The fourth-order valence-corrected chi connectivity index (χ4v) is 2.18. The van der Waals surface area contributed by atoms with E-state index in [0.29, 0.717) is 0 Å². The molecule has 3 rings (SSSR count). The Hall–Kier alpha value is -1.61. The van der Waals surface area contributed by atoms with Crippen LogP contribution in [0.4, 0.5) is 0 Å². The molecule has 1 aromatic carbocycles. The average molecular weight is 199 g/mol. The zero-order valence-corrected chi connectivity index (χ0v) is 8.64. The Morgan fingerprint density at radius 2 is 2.20 bits per heavy atom. The summed E-state index contributed by atoms with van der Waals surface area (Å²) in [5.41, 5.74) is 9.59. The molecule has 76 valence electrons. The van der Waals surface area contributed by atoms with Gasteiger partial charge in [0.1, 0.15) is 5.82 Å². The van der Waals surface area contributed by atoms with Gasteiger partial charge in [0.25, 0.3) is 0 Å². The van der Waals surface area contributed by atoms with Crippen LogP contribution in [0.15, 0.2) is 30.5 Å². The van der Waals surface area contributed by atoms with Crippen LogP contribution in [0.3, 0.4) is 0 Å². The molecule has 0 radical (unpaired) electrons. The molecule has 0 amide bonds. The van der Waals surface area contributed by atoms with Gasteiger partial charge in [0.2, 0.25) is 0 Å². The molecule has 1 aliphatic rings. The smallest absolute Gasteiger partial charge is 0.140 e. The van der Waals surface area contributed by atoms with Crippen molar-refractivity contribution >= 4 is 0 Å². The van der Waals surface area contributed by atoms with Gasteiger partial charge >= 0.3 is 0 Å². The third kappa shape index (κ3) is 1.13. The number of hydrogen-bond donors (Lipinski definition) is 1. The maximum Gasteiger partial charge on any atom is 0.140 e. The van der Waals surface area contributed by atoms with Crippen LogP contribution in [0.1, 0.15) is 24.2 Å². The summed E-state index contributed by atoms with van der Waals surface area (Å²) in [4.78, 5) is 4.44. The molecular weight excluding hydrogens is 186 g/mol. The van der Waals surface area contributed by atoms with Crippen molar-refractivity contribution < 1.29 is 0 Å². The van der Waals surface area contributed by atoms with E-state index in [2.05, 4.69) is 33.8 Å². The van der Waals surface area contributed by atoms with Crippen LogP contribution in [-0.4, -0.2) is 9.55 Å². The predicted molar refractivity (Wildman–Crippen MR) is 59.4 cm³/mol. The minimum atomic E-state index is 0.0422. The number of rotatable bonds is 1. The van der Waals surface area contributed by atoms with Crippen molar-refractivity contribution in [2.45, 2.75) is 19.5 Å². The first-order valence-electron chi connectivity index (χ1n) is 5.16. The molecule has 0 bridgehead atoms.